The maximum Gasteiger partial charge on any atom is 0.273 e. The number of thiazole rings is 1. The molecule has 1 fully saturated rings. The second-order valence-electron chi connectivity index (χ2n) is 5.97. The Morgan fingerprint density at radius 3 is 2.68 bits per heavy atom. The number of oxime groups is 1. The van der Waals surface area contributed by atoms with E-state index >= 15 is 0 Å². The lowest BCUT2D eigenvalue weighted by Gasteiger charge is -2.34. The van der Waals surface area contributed by atoms with Gasteiger partial charge in [-0.05, 0) is 18.1 Å². The molecule has 1 aromatic carbocycles. The summed E-state index contributed by atoms with van der Waals surface area (Å²) in [5, 5.41) is 12.6. The SMILES string of the molecule is COC1(c2cnc(OCc3ccc(/C(C)=N/O)cc3)s2)CCOCC1. The van der Waals surface area contributed by atoms with E-state index in [0.717, 1.165) is 28.8 Å². The molecule has 25 heavy (non-hydrogen) atoms. The van der Waals surface area contributed by atoms with Crippen LogP contribution in [0.3, 0.4) is 0 Å². The van der Waals surface area contributed by atoms with Crippen molar-refractivity contribution in [2.75, 3.05) is 20.3 Å². The van der Waals surface area contributed by atoms with Crippen LogP contribution in [0.4, 0.5) is 0 Å². The molecule has 7 heteroatoms. The third-order valence-corrected chi connectivity index (χ3v) is 5.60. The largest absolute Gasteiger partial charge is 0.465 e. The van der Waals surface area contributed by atoms with Crippen molar-refractivity contribution in [3.05, 3.63) is 46.5 Å². The van der Waals surface area contributed by atoms with Crippen LogP contribution < -0.4 is 4.74 Å². The van der Waals surface area contributed by atoms with Gasteiger partial charge in [0.05, 0.1) is 10.6 Å². The molecule has 1 saturated heterocycles. The monoisotopic (exact) mass is 362 g/mol. The fourth-order valence-electron chi connectivity index (χ4n) is 2.83. The van der Waals surface area contributed by atoms with Crippen LogP contribution >= 0.6 is 11.3 Å². The van der Waals surface area contributed by atoms with Gasteiger partial charge >= 0.3 is 0 Å². The van der Waals surface area contributed by atoms with E-state index in [0.29, 0.717) is 30.7 Å². The number of hydrogen-bond acceptors (Lipinski definition) is 7. The average molecular weight is 362 g/mol. The van der Waals surface area contributed by atoms with Crippen molar-refractivity contribution in [3.63, 3.8) is 0 Å². The summed E-state index contributed by atoms with van der Waals surface area (Å²) < 4.78 is 17.1. The average Bonchev–Trinajstić information content (AvgIpc) is 3.16. The molecule has 0 radical (unpaired) electrons. The minimum atomic E-state index is -0.305. The molecule has 0 unspecified atom stereocenters. The molecule has 2 aromatic rings. The lowest BCUT2D eigenvalue weighted by Crippen LogP contribution is -2.34. The number of nitrogens with zero attached hydrogens (tertiary/aromatic N) is 2. The fourth-order valence-corrected chi connectivity index (χ4v) is 3.82. The molecule has 1 aliphatic heterocycles. The van der Waals surface area contributed by atoms with E-state index < -0.39 is 0 Å². The minimum Gasteiger partial charge on any atom is -0.465 e. The van der Waals surface area contributed by atoms with Gasteiger partial charge in [-0.2, -0.15) is 0 Å². The summed E-state index contributed by atoms with van der Waals surface area (Å²) in [6.45, 7) is 3.59. The molecule has 0 atom stereocenters. The third-order valence-electron chi connectivity index (χ3n) is 4.51. The Balaban J connectivity index is 1.63. The van der Waals surface area contributed by atoms with E-state index in [2.05, 4.69) is 10.1 Å². The Morgan fingerprint density at radius 2 is 2.04 bits per heavy atom. The Bertz CT molecular complexity index is 721. The maximum atomic E-state index is 8.80. The standard InChI is InChI=1S/C18H22N2O4S/c1-13(20-21)15-5-3-14(4-6-15)12-24-17-19-11-16(25-17)18(22-2)7-9-23-10-8-18/h3-6,11,21H,7-10,12H2,1-2H3/b20-13+. The van der Waals surface area contributed by atoms with Crippen molar-refractivity contribution in [1.82, 2.24) is 4.98 Å². The molecule has 0 bridgehead atoms. The van der Waals surface area contributed by atoms with Gasteiger partial charge in [-0.25, -0.2) is 4.98 Å². The van der Waals surface area contributed by atoms with E-state index in [9.17, 15) is 0 Å². The van der Waals surface area contributed by atoms with Gasteiger partial charge in [0, 0.05) is 39.4 Å². The van der Waals surface area contributed by atoms with E-state index in [4.69, 9.17) is 19.4 Å². The van der Waals surface area contributed by atoms with Gasteiger partial charge in [0.25, 0.3) is 5.19 Å². The van der Waals surface area contributed by atoms with Crippen molar-refractivity contribution in [2.24, 2.45) is 5.16 Å². The molecule has 3 rings (SSSR count). The first-order valence-corrected chi connectivity index (χ1v) is 8.98. The van der Waals surface area contributed by atoms with Gasteiger partial charge in [0.1, 0.15) is 12.2 Å². The zero-order valence-electron chi connectivity index (χ0n) is 14.4. The quantitative estimate of drug-likeness (QED) is 0.483. The van der Waals surface area contributed by atoms with Crippen LogP contribution in [0.1, 0.15) is 35.8 Å². The van der Waals surface area contributed by atoms with Crippen LogP contribution in [0.5, 0.6) is 5.19 Å². The molecule has 1 aliphatic rings. The van der Waals surface area contributed by atoms with Crippen molar-refractivity contribution in [3.8, 4) is 5.19 Å². The predicted molar refractivity (Wildman–Crippen MR) is 95.6 cm³/mol. The number of benzene rings is 1. The van der Waals surface area contributed by atoms with E-state index in [1.165, 1.54) is 11.3 Å². The van der Waals surface area contributed by atoms with Crippen LogP contribution in [0.25, 0.3) is 0 Å². The molecule has 2 heterocycles. The van der Waals surface area contributed by atoms with Crippen molar-refractivity contribution in [1.29, 1.82) is 0 Å². The van der Waals surface area contributed by atoms with Crippen LogP contribution in [-0.4, -0.2) is 36.2 Å². The number of aromatic nitrogens is 1. The highest BCUT2D eigenvalue weighted by Crippen LogP contribution is 2.40. The van der Waals surface area contributed by atoms with Crippen molar-refractivity contribution < 1.29 is 19.4 Å². The molecule has 0 spiro atoms. The molecule has 6 nitrogen and oxygen atoms in total. The van der Waals surface area contributed by atoms with E-state index in [1.807, 2.05) is 30.5 Å². The zero-order chi connectivity index (χ0) is 17.7. The van der Waals surface area contributed by atoms with Gasteiger partial charge in [0.2, 0.25) is 0 Å². The van der Waals surface area contributed by atoms with Gasteiger partial charge in [-0.3, -0.25) is 0 Å². The van der Waals surface area contributed by atoms with Crippen LogP contribution in [0, 0.1) is 0 Å². The summed E-state index contributed by atoms with van der Waals surface area (Å²) in [5.41, 5.74) is 2.18. The Kier molecular flexibility index (Phi) is 5.67. The summed E-state index contributed by atoms with van der Waals surface area (Å²) in [7, 11) is 1.74. The predicted octanol–water partition coefficient (Wildman–Crippen LogP) is 3.57. The zero-order valence-corrected chi connectivity index (χ0v) is 15.2. The van der Waals surface area contributed by atoms with Gasteiger partial charge < -0.3 is 19.4 Å². The summed E-state index contributed by atoms with van der Waals surface area (Å²) in [5.74, 6) is 0. The van der Waals surface area contributed by atoms with Crippen molar-refractivity contribution >= 4 is 17.0 Å². The third kappa shape index (κ3) is 4.00. The number of methoxy groups -OCH3 is 1. The molecular weight excluding hydrogens is 340 g/mol. The number of hydrogen-bond donors (Lipinski definition) is 1. The summed E-state index contributed by atoms with van der Waals surface area (Å²) in [6, 6.07) is 7.72. The second kappa shape index (κ2) is 7.95. The second-order valence-corrected chi connectivity index (χ2v) is 6.97. The first kappa shape index (κ1) is 17.8. The van der Waals surface area contributed by atoms with Gasteiger partial charge in [0.15, 0.2) is 0 Å². The fraction of sp³-hybridized carbons (Fsp3) is 0.444. The Labute approximate surface area is 151 Å². The topological polar surface area (TPSA) is 73.2 Å². The molecule has 0 aliphatic carbocycles. The van der Waals surface area contributed by atoms with Crippen molar-refractivity contribution in [2.45, 2.75) is 32.0 Å². The minimum absolute atomic E-state index is 0.305. The first-order chi connectivity index (χ1) is 12.2. The lowest BCUT2D eigenvalue weighted by atomic mass is 9.93. The number of rotatable bonds is 6. The molecule has 134 valence electrons. The molecule has 0 amide bonds. The Morgan fingerprint density at radius 1 is 1.32 bits per heavy atom. The Hall–Kier alpha value is -1.96. The highest BCUT2D eigenvalue weighted by Gasteiger charge is 2.36. The molecule has 0 saturated carbocycles. The maximum absolute atomic E-state index is 8.80. The van der Waals surface area contributed by atoms with Crippen LogP contribution in [0.2, 0.25) is 0 Å². The molecule has 1 N–H and O–H groups in total. The van der Waals surface area contributed by atoms with Gasteiger partial charge in [-0.1, -0.05) is 40.8 Å². The van der Waals surface area contributed by atoms with Crippen LogP contribution in [0.15, 0.2) is 35.6 Å². The number of ether oxygens (including phenoxy) is 3. The highest BCUT2D eigenvalue weighted by molar-refractivity contribution is 7.13. The van der Waals surface area contributed by atoms with Crippen LogP contribution in [-0.2, 0) is 21.7 Å². The molecule has 1 aromatic heterocycles. The first-order valence-electron chi connectivity index (χ1n) is 8.17. The van der Waals surface area contributed by atoms with E-state index in [1.54, 1.807) is 14.0 Å². The summed E-state index contributed by atoms with van der Waals surface area (Å²) in [4.78, 5) is 5.46. The summed E-state index contributed by atoms with van der Waals surface area (Å²) >= 11 is 1.53. The normalized spacial score (nSPS) is 17.4. The van der Waals surface area contributed by atoms with E-state index in [-0.39, 0.29) is 5.60 Å². The van der Waals surface area contributed by atoms with Gasteiger partial charge in [-0.15, -0.1) is 0 Å². The molecular formula is C18H22N2O4S. The lowest BCUT2D eigenvalue weighted by molar-refractivity contribution is -0.0926. The smallest absolute Gasteiger partial charge is 0.273 e. The summed E-state index contributed by atoms with van der Waals surface area (Å²) in [6.07, 6.45) is 3.51. The highest BCUT2D eigenvalue weighted by atomic mass is 32.1.